The number of unbranched alkanes of at least 4 members (excludes halogenated alkanes) is 1. The van der Waals surface area contributed by atoms with Crippen LogP contribution in [0.15, 0.2) is 42.5 Å². The average Bonchev–Trinajstić information content (AvgIpc) is 3.68. The highest BCUT2D eigenvalue weighted by molar-refractivity contribution is 5.99. The third-order valence-electron chi connectivity index (χ3n) is 10.1. The number of hydrogen-bond acceptors (Lipinski definition) is 5. The fraction of sp³-hybridized carbons (Fsp3) is 0.600. The molecular formula is C35H48FN3O3. The van der Waals surface area contributed by atoms with E-state index < -0.39 is 17.8 Å². The van der Waals surface area contributed by atoms with Crippen LogP contribution in [0.2, 0.25) is 0 Å². The van der Waals surface area contributed by atoms with Crippen molar-refractivity contribution in [2.24, 2.45) is 17.8 Å². The molecule has 2 aromatic rings. The van der Waals surface area contributed by atoms with Gasteiger partial charge in [-0.05, 0) is 108 Å². The van der Waals surface area contributed by atoms with E-state index in [9.17, 15) is 14.7 Å². The van der Waals surface area contributed by atoms with Crippen LogP contribution < -0.4 is 0 Å². The highest BCUT2D eigenvalue weighted by Crippen LogP contribution is 2.44. The molecule has 4 atom stereocenters. The van der Waals surface area contributed by atoms with E-state index in [1.54, 1.807) is 31.2 Å². The van der Waals surface area contributed by atoms with E-state index in [0.29, 0.717) is 30.1 Å². The van der Waals surface area contributed by atoms with Crippen molar-refractivity contribution < 1.29 is 19.1 Å². The molecule has 1 aliphatic carbocycles. The molecule has 7 heteroatoms. The SMILES string of the molecule is Cc1c(F)cccc1[C@@H]1[C@@H](C(=O)c2cccc(O)c2)CN(CCCCN(C)C)C[C@H]1C(=O)N1CCC[C@@H]1C1CCCC1. The number of phenols is 1. The summed E-state index contributed by atoms with van der Waals surface area (Å²) in [7, 11) is 4.14. The summed E-state index contributed by atoms with van der Waals surface area (Å²) in [4.78, 5) is 35.6. The lowest BCUT2D eigenvalue weighted by molar-refractivity contribution is -0.140. The van der Waals surface area contributed by atoms with Gasteiger partial charge in [-0.15, -0.1) is 0 Å². The van der Waals surface area contributed by atoms with Gasteiger partial charge in [-0.25, -0.2) is 4.39 Å². The molecule has 42 heavy (non-hydrogen) atoms. The monoisotopic (exact) mass is 577 g/mol. The van der Waals surface area contributed by atoms with Gasteiger partial charge in [0.05, 0.1) is 5.92 Å². The summed E-state index contributed by atoms with van der Waals surface area (Å²) in [6.07, 6.45) is 8.91. The van der Waals surface area contributed by atoms with Crippen LogP contribution in [0.1, 0.15) is 78.8 Å². The standard InChI is InChI=1S/C35H48FN3O3/c1-24-28(15-9-16-31(24)36)33-29(34(41)26-13-8-14-27(40)21-26)22-38(19-7-6-18-37(2)3)23-30(33)35(42)39-20-10-17-32(39)25-11-4-5-12-25/h8-9,13-16,21,25,29-30,32-33,40H,4-7,10-12,17-20,22-23H2,1-3H3/t29-,30+,32+,33+/m0/s1. The van der Waals surface area contributed by atoms with E-state index in [2.05, 4.69) is 28.8 Å². The van der Waals surface area contributed by atoms with Crippen molar-refractivity contribution in [2.75, 3.05) is 46.8 Å². The lowest BCUT2D eigenvalue weighted by atomic mass is 9.69. The molecule has 0 bridgehead atoms. The first-order valence-corrected chi connectivity index (χ1v) is 16.0. The van der Waals surface area contributed by atoms with Crippen LogP contribution >= 0.6 is 0 Å². The number of carbonyl (C=O) groups is 2. The van der Waals surface area contributed by atoms with Crippen LogP contribution in [0.25, 0.3) is 0 Å². The van der Waals surface area contributed by atoms with Gasteiger partial charge in [-0.2, -0.15) is 0 Å². The molecule has 0 radical (unpaired) electrons. The number of phenolic OH excluding ortho intramolecular Hbond substituents is 1. The van der Waals surface area contributed by atoms with E-state index in [1.807, 2.05) is 6.07 Å². The number of piperidine rings is 1. The Morgan fingerprint density at radius 3 is 2.45 bits per heavy atom. The zero-order valence-corrected chi connectivity index (χ0v) is 25.6. The third-order valence-corrected chi connectivity index (χ3v) is 10.1. The van der Waals surface area contributed by atoms with Crippen molar-refractivity contribution >= 4 is 11.7 Å². The number of rotatable bonds is 10. The summed E-state index contributed by atoms with van der Waals surface area (Å²) in [5, 5.41) is 10.2. The largest absolute Gasteiger partial charge is 0.508 e. The summed E-state index contributed by atoms with van der Waals surface area (Å²) < 4.78 is 15.1. The van der Waals surface area contributed by atoms with Gasteiger partial charge in [0.1, 0.15) is 11.6 Å². The molecule has 0 unspecified atom stereocenters. The number of likely N-dealkylation sites (tertiary alicyclic amines) is 2. The molecule has 0 aromatic heterocycles. The van der Waals surface area contributed by atoms with E-state index in [1.165, 1.54) is 37.8 Å². The zero-order valence-electron chi connectivity index (χ0n) is 25.6. The number of nitrogens with zero attached hydrogens (tertiary/aromatic N) is 3. The molecule has 228 valence electrons. The van der Waals surface area contributed by atoms with Gasteiger partial charge >= 0.3 is 0 Å². The van der Waals surface area contributed by atoms with E-state index in [0.717, 1.165) is 50.9 Å². The van der Waals surface area contributed by atoms with Crippen molar-refractivity contribution in [3.8, 4) is 5.75 Å². The number of ketones is 1. The van der Waals surface area contributed by atoms with Gasteiger partial charge in [0.25, 0.3) is 0 Å². The number of Topliss-reactive ketones (excluding diaryl/α,β-unsaturated/α-hetero) is 1. The Bertz CT molecular complexity index is 1240. The van der Waals surface area contributed by atoms with Gasteiger partial charge in [-0.1, -0.05) is 37.1 Å². The quantitative estimate of drug-likeness (QED) is 0.282. The average molecular weight is 578 g/mol. The van der Waals surface area contributed by atoms with Crippen LogP contribution in [-0.4, -0.2) is 84.4 Å². The Kier molecular flexibility index (Phi) is 10.00. The molecule has 5 rings (SSSR count). The number of hydrogen-bond donors (Lipinski definition) is 1. The van der Waals surface area contributed by atoms with E-state index in [-0.39, 0.29) is 29.3 Å². The smallest absolute Gasteiger partial charge is 0.227 e. The molecule has 2 aromatic carbocycles. The number of carbonyl (C=O) groups excluding carboxylic acids is 2. The Hall–Kier alpha value is -2.77. The van der Waals surface area contributed by atoms with Gasteiger partial charge in [-0.3, -0.25) is 9.59 Å². The summed E-state index contributed by atoms with van der Waals surface area (Å²) in [6.45, 7) is 5.41. The fourth-order valence-corrected chi connectivity index (χ4v) is 7.97. The highest BCUT2D eigenvalue weighted by atomic mass is 19.1. The van der Waals surface area contributed by atoms with Crippen molar-refractivity contribution in [1.29, 1.82) is 0 Å². The van der Waals surface area contributed by atoms with Crippen LogP contribution in [0.4, 0.5) is 4.39 Å². The maximum atomic E-state index is 15.1. The predicted octanol–water partition coefficient (Wildman–Crippen LogP) is 5.88. The van der Waals surface area contributed by atoms with Crippen LogP contribution in [0.3, 0.4) is 0 Å². The summed E-state index contributed by atoms with van der Waals surface area (Å²) in [6, 6.07) is 11.8. The molecule has 6 nitrogen and oxygen atoms in total. The van der Waals surface area contributed by atoms with Crippen LogP contribution in [0, 0.1) is 30.5 Å². The minimum absolute atomic E-state index is 0.0415. The molecule has 1 saturated carbocycles. The second kappa shape index (κ2) is 13.7. The van der Waals surface area contributed by atoms with Gasteiger partial charge in [0.15, 0.2) is 5.78 Å². The van der Waals surface area contributed by atoms with Crippen LogP contribution in [0.5, 0.6) is 5.75 Å². The molecule has 1 amide bonds. The van der Waals surface area contributed by atoms with Crippen molar-refractivity contribution in [3.63, 3.8) is 0 Å². The number of amides is 1. The molecule has 2 heterocycles. The summed E-state index contributed by atoms with van der Waals surface area (Å²) >= 11 is 0. The first kappa shape index (κ1) is 30.7. The molecule has 1 N–H and O–H groups in total. The normalized spacial score (nSPS) is 25.4. The van der Waals surface area contributed by atoms with Crippen molar-refractivity contribution in [1.82, 2.24) is 14.7 Å². The maximum Gasteiger partial charge on any atom is 0.227 e. The molecule has 2 aliphatic heterocycles. The molecule has 3 fully saturated rings. The number of aromatic hydroxyl groups is 1. The fourth-order valence-electron chi connectivity index (χ4n) is 7.97. The van der Waals surface area contributed by atoms with Gasteiger partial charge in [0.2, 0.25) is 5.91 Å². The van der Waals surface area contributed by atoms with E-state index >= 15 is 4.39 Å². The second-order valence-corrected chi connectivity index (χ2v) is 13.2. The zero-order chi connectivity index (χ0) is 29.8. The van der Waals surface area contributed by atoms with Gasteiger partial charge < -0.3 is 19.8 Å². The minimum Gasteiger partial charge on any atom is -0.508 e. The molecule has 2 saturated heterocycles. The number of benzene rings is 2. The Morgan fingerprint density at radius 1 is 0.976 bits per heavy atom. The Morgan fingerprint density at radius 2 is 1.71 bits per heavy atom. The topological polar surface area (TPSA) is 64.1 Å². The van der Waals surface area contributed by atoms with E-state index in [4.69, 9.17) is 0 Å². The minimum atomic E-state index is -0.531. The molecular weight excluding hydrogens is 529 g/mol. The Balaban J connectivity index is 1.53. The lowest BCUT2D eigenvalue weighted by Crippen LogP contribution is -2.54. The Labute approximate surface area is 250 Å². The first-order valence-electron chi connectivity index (χ1n) is 16.0. The highest BCUT2D eigenvalue weighted by Gasteiger charge is 2.48. The molecule has 3 aliphatic rings. The maximum absolute atomic E-state index is 15.1. The predicted molar refractivity (Wildman–Crippen MR) is 164 cm³/mol. The summed E-state index contributed by atoms with van der Waals surface area (Å²) in [5.74, 6) is -1.09. The summed E-state index contributed by atoms with van der Waals surface area (Å²) in [5.41, 5.74) is 1.71. The lowest BCUT2D eigenvalue weighted by Gasteiger charge is -2.45. The van der Waals surface area contributed by atoms with Crippen LogP contribution in [-0.2, 0) is 4.79 Å². The second-order valence-electron chi connectivity index (χ2n) is 13.2. The van der Waals surface area contributed by atoms with Crippen molar-refractivity contribution in [2.45, 2.75) is 70.3 Å². The van der Waals surface area contributed by atoms with Gasteiger partial charge in [0, 0.05) is 43.1 Å². The number of halogens is 1. The first-order chi connectivity index (χ1) is 20.2. The van der Waals surface area contributed by atoms with Crippen molar-refractivity contribution in [3.05, 3.63) is 65.0 Å². The third kappa shape index (κ3) is 6.73. The molecule has 0 spiro atoms.